The lowest BCUT2D eigenvalue weighted by Gasteiger charge is -2.13. The molecule has 0 saturated heterocycles. The van der Waals surface area contributed by atoms with Crippen molar-refractivity contribution in [3.05, 3.63) is 29.3 Å². The van der Waals surface area contributed by atoms with E-state index in [4.69, 9.17) is 5.73 Å². The number of carbonyl (C=O) groups is 2. The van der Waals surface area contributed by atoms with Crippen LogP contribution in [0.15, 0.2) is 18.2 Å². The highest BCUT2D eigenvalue weighted by Gasteiger charge is 2.35. The van der Waals surface area contributed by atoms with Crippen LogP contribution >= 0.6 is 0 Å². The van der Waals surface area contributed by atoms with E-state index in [0.717, 1.165) is 11.2 Å². The van der Waals surface area contributed by atoms with Crippen LogP contribution in [0.2, 0.25) is 0 Å². The van der Waals surface area contributed by atoms with Crippen LogP contribution in [0.1, 0.15) is 20.7 Å². The minimum atomic E-state index is -3.34. The van der Waals surface area contributed by atoms with Gasteiger partial charge in [-0.1, -0.05) is 0 Å². The van der Waals surface area contributed by atoms with Crippen LogP contribution in [0.5, 0.6) is 0 Å². The Kier molecular flexibility index (Phi) is 3.29. The van der Waals surface area contributed by atoms with Gasteiger partial charge in [0.05, 0.1) is 17.4 Å². The highest BCUT2D eigenvalue weighted by molar-refractivity contribution is 7.88. The molecule has 102 valence electrons. The van der Waals surface area contributed by atoms with Crippen molar-refractivity contribution in [1.82, 2.24) is 9.62 Å². The fourth-order valence-corrected chi connectivity index (χ4v) is 2.32. The Hall–Kier alpha value is -1.93. The molecule has 8 heteroatoms. The van der Waals surface area contributed by atoms with Gasteiger partial charge in [0.2, 0.25) is 10.0 Å². The number of anilines is 1. The number of sulfonamides is 1. The first kappa shape index (κ1) is 13.5. The number of hydrogen-bond acceptors (Lipinski definition) is 5. The molecule has 3 N–H and O–H groups in total. The van der Waals surface area contributed by atoms with Gasteiger partial charge in [-0.15, -0.1) is 0 Å². The van der Waals surface area contributed by atoms with Crippen LogP contribution in [0.4, 0.5) is 5.69 Å². The molecule has 1 aliphatic heterocycles. The molecule has 0 saturated carbocycles. The smallest absolute Gasteiger partial charge is 0.261 e. The molecule has 2 amide bonds. The summed E-state index contributed by atoms with van der Waals surface area (Å²) in [5.74, 6) is -0.891. The second-order valence-corrected chi connectivity index (χ2v) is 6.07. The van der Waals surface area contributed by atoms with Crippen LogP contribution < -0.4 is 10.5 Å². The van der Waals surface area contributed by atoms with Gasteiger partial charge in [0, 0.05) is 18.8 Å². The molecule has 0 bridgehead atoms. The minimum Gasteiger partial charge on any atom is -0.399 e. The Morgan fingerprint density at radius 3 is 2.47 bits per heavy atom. The number of nitrogens with zero attached hydrogens (tertiary/aromatic N) is 1. The van der Waals surface area contributed by atoms with Crippen molar-refractivity contribution >= 4 is 27.5 Å². The summed E-state index contributed by atoms with van der Waals surface area (Å²) < 4.78 is 24.1. The molecule has 0 aliphatic carbocycles. The summed E-state index contributed by atoms with van der Waals surface area (Å²) in [4.78, 5) is 25.0. The number of amides is 2. The maximum atomic E-state index is 12.0. The maximum absolute atomic E-state index is 12.0. The number of fused-ring (bicyclic) bond motifs is 1. The van der Waals surface area contributed by atoms with E-state index in [-0.39, 0.29) is 18.7 Å². The van der Waals surface area contributed by atoms with Crippen molar-refractivity contribution < 1.29 is 18.0 Å². The molecule has 0 aromatic heterocycles. The van der Waals surface area contributed by atoms with Gasteiger partial charge in [-0.05, 0) is 18.2 Å². The van der Waals surface area contributed by atoms with Gasteiger partial charge in [-0.2, -0.15) is 0 Å². The van der Waals surface area contributed by atoms with Crippen molar-refractivity contribution in [2.24, 2.45) is 0 Å². The van der Waals surface area contributed by atoms with Crippen molar-refractivity contribution in [1.29, 1.82) is 0 Å². The zero-order valence-electron chi connectivity index (χ0n) is 10.2. The first-order chi connectivity index (χ1) is 8.79. The van der Waals surface area contributed by atoms with Gasteiger partial charge in [0.25, 0.3) is 11.8 Å². The largest absolute Gasteiger partial charge is 0.399 e. The van der Waals surface area contributed by atoms with Gasteiger partial charge in [-0.25, -0.2) is 13.1 Å². The molecule has 7 nitrogen and oxygen atoms in total. The molecule has 1 aliphatic rings. The van der Waals surface area contributed by atoms with E-state index in [1.807, 2.05) is 0 Å². The minimum absolute atomic E-state index is 0.0141. The Labute approximate surface area is 110 Å². The molecule has 0 atom stereocenters. The van der Waals surface area contributed by atoms with E-state index in [9.17, 15) is 18.0 Å². The van der Waals surface area contributed by atoms with Gasteiger partial charge in [0.15, 0.2) is 0 Å². The predicted octanol–water partition coefficient (Wildman–Crippen LogP) is -0.586. The first-order valence-electron chi connectivity index (χ1n) is 5.50. The van der Waals surface area contributed by atoms with Gasteiger partial charge in [-0.3, -0.25) is 14.5 Å². The summed E-state index contributed by atoms with van der Waals surface area (Å²) >= 11 is 0. The van der Waals surface area contributed by atoms with Crippen LogP contribution in [-0.4, -0.2) is 44.5 Å². The quantitative estimate of drug-likeness (QED) is 0.567. The van der Waals surface area contributed by atoms with Crippen LogP contribution in [-0.2, 0) is 10.0 Å². The average molecular weight is 283 g/mol. The molecule has 0 radical (unpaired) electrons. The van der Waals surface area contributed by atoms with Gasteiger partial charge < -0.3 is 5.73 Å². The molecule has 2 rings (SSSR count). The third-order valence-electron chi connectivity index (χ3n) is 2.69. The van der Waals surface area contributed by atoms with E-state index in [1.54, 1.807) is 6.07 Å². The predicted molar refractivity (Wildman–Crippen MR) is 69.1 cm³/mol. The van der Waals surface area contributed by atoms with E-state index in [1.165, 1.54) is 12.1 Å². The standard InChI is InChI=1S/C11H13N3O4S/c1-19(17,18)13-4-5-14-10(15)8-3-2-7(12)6-9(8)11(14)16/h2-3,6,13H,4-5,12H2,1H3. The fraction of sp³-hybridized carbons (Fsp3) is 0.273. The average Bonchev–Trinajstić information content (AvgIpc) is 2.52. The number of carbonyl (C=O) groups excluding carboxylic acids is 2. The Balaban J connectivity index is 2.14. The molecule has 0 unspecified atom stereocenters. The Bertz CT molecular complexity index is 654. The van der Waals surface area contributed by atoms with Crippen LogP contribution in [0, 0.1) is 0 Å². The molecule has 1 heterocycles. The van der Waals surface area contributed by atoms with E-state index >= 15 is 0 Å². The van der Waals surface area contributed by atoms with Crippen LogP contribution in [0.3, 0.4) is 0 Å². The number of nitrogens with one attached hydrogen (secondary N) is 1. The topological polar surface area (TPSA) is 110 Å². The fourth-order valence-electron chi connectivity index (χ4n) is 1.85. The van der Waals surface area contributed by atoms with E-state index in [2.05, 4.69) is 4.72 Å². The van der Waals surface area contributed by atoms with Crippen molar-refractivity contribution in [2.75, 3.05) is 25.1 Å². The number of hydrogen-bond donors (Lipinski definition) is 2. The van der Waals surface area contributed by atoms with E-state index < -0.39 is 21.8 Å². The maximum Gasteiger partial charge on any atom is 0.261 e. The van der Waals surface area contributed by atoms with Gasteiger partial charge in [0.1, 0.15) is 0 Å². The van der Waals surface area contributed by atoms with E-state index in [0.29, 0.717) is 11.3 Å². The highest BCUT2D eigenvalue weighted by atomic mass is 32.2. The second-order valence-electron chi connectivity index (χ2n) is 4.23. The summed E-state index contributed by atoms with van der Waals surface area (Å²) in [5, 5.41) is 0. The van der Waals surface area contributed by atoms with Crippen LogP contribution in [0.25, 0.3) is 0 Å². The summed E-state index contributed by atoms with van der Waals surface area (Å²) in [7, 11) is -3.34. The number of nitrogens with two attached hydrogens (primary N) is 1. The number of benzene rings is 1. The summed E-state index contributed by atoms with van der Waals surface area (Å²) in [6.45, 7) is -0.0287. The monoisotopic (exact) mass is 283 g/mol. The molecular weight excluding hydrogens is 270 g/mol. The summed E-state index contributed by atoms with van der Waals surface area (Å²) in [6.07, 6.45) is 1.01. The number of rotatable bonds is 4. The lowest BCUT2D eigenvalue weighted by atomic mass is 10.1. The third kappa shape index (κ3) is 2.74. The molecule has 0 fully saturated rings. The SMILES string of the molecule is CS(=O)(=O)NCCN1C(=O)c2ccc(N)cc2C1=O. The molecule has 0 spiro atoms. The Morgan fingerprint density at radius 1 is 1.21 bits per heavy atom. The zero-order chi connectivity index (χ0) is 14.2. The molecule has 1 aromatic carbocycles. The lowest BCUT2D eigenvalue weighted by molar-refractivity contribution is 0.0657. The van der Waals surface area contributed by atoms with Crippen molar-refractivity contribution in [3.63, 3.8) is 0 Å². The summed E-state index contributed by atoms with van der Waals surface area (Å²) in [6, 6.07) is 4.48. The summed E-state index contributed by atoms with van der Waals surface area (Å²) in [5.41, 5.74) is 6.51. The highest BCUT2D eigenvalue weighted by Crippen LogP contribution is 2.24. The number of nitrogen functional groups attached to an aromatic ring is 1. The second kappa shape index (κ2) is 4.63. The molecule has 1 aromatic rings. The van der Waals surface area contributed by atoms with Gasteiger partial charge >= 0.3 is 0 Å². The lowest BCUT2D eigenvalue weighted by Crippen LogP contribution is -2.37. The third-order valence-corrected chi connectivity index (χ3v) is 3.42. The zero-order valence-corrected chi connectivity index (χ0v) is 11.0. The first-order valence-corrected chi connectivity index (χ1v) is 7.39. The molecular formula is C11H13N3O4S. The Morgan fingerprint density at radius 2 is 1.84 bits per heavy atom. The number of imide groups is 1. The van der Waals surface area contributed by atoms with Crippen molar-refractivity contribution in [3.8, 4) is 0 Å². The molecule has 19 heavy (non-hydrogen) atoms. The van der Waals surface area contributed by atoms with Crippen molar-refractivity contribution in [2.45, 2.75) is 0 Å². The normalized spacial score (nSPS) is 14.9.